The molecule has 2 amide bonds. The molecule has 0 bridgehead atoms. The average molecular weight is 465 g/mol. The standard InChI is InChI=1S/C27H32N2O5/c1-16(2)13-24(26(31)32)28-25(30)23(14-17-11-12-17)29-27(33)34-15-22-20-9-5-3-7-18(20)19-8-4-6-10-21(19)22/h3-10,16-17,22-24H,11-15H2,1-2H3,(H,28,30)(H,29,33)(H,31,32)/t23?,24-/m1/s1. The van der Waals surface area contributed by atoms with Crippen molar-refractivity contribution in [2.45, 2.75) is 57.5 Å². The average Bonchev–Trinajstić information content (AvgIpc) is 3.57. The Hall–Kier alpha value is -3.35. The topological polar surface area (TPSA) is 105 Å². The van der Waals surface area contributed by atoms with Gasteiger partial charge in [-0.15, -0.1) is 0 Å². The van der Waals surface area contributed by atoms with E-state index >= 15 is 0 Å². The number of aliphatic carboxylic acids is 1. The molecule has 2 atom stereocenters. The Bertz CT molecular complexity index is 1020. The third-order valence-corrected chi connectivity index (χ3v) is 6.54. The zero-order valence-corrected chi connectivity index (χ0v) is 19.6. The number of hydrogen-bond acceptors (Lipinski definition) is 4. The maximum atomic E-state index is 12.9. The highest BCUT2D eigenvalue weighted by molar-refractivity contribution is 5.89. The number of amides is 2. The summed E-state index contributed by atoms with van der Waals surface area (Å²) in [6, 6.07) is 14.4. The normalized spacial score (nSPS) is 16.3. The minimum Gasteiger partial charge on any atom is -0.480 e. The quantitative estimate of drug-likeness (QED) is 0.486. The number of carbonyl (C=O) groups excluding carboxylic acids is 2. The number of fused-ring (bicyclic) bond motifs is 3. The van der Waals surface area contributed by atoms with Crippen LogP contribution < -0.4 is 10.6 Å². The predicted octanol–water partition coefficient (Wildman–Crippen LogP) is 4.31. The number of benzene rings is 2. The van der Waals surface area contributed by atoms with Gasteiger partial charge in [0, 0.05) is 5.92 Å². The van der Waals surface area contributed by atoms with Gasteiger partial charge in [-0.2, -0.15) is 0 Å². The van der Waals surface area contributed by atoms with Gasteiger partial charge in [-0.1, -0.05) is 75.2 Å². The van der Waals surface area contributed by atoms with Crippen LogP contribution in [0.15, 0.2) is 48.5 Å². The Labute approximate surface area is 199 Å². The first kappa shape index (κ1) is 23.8. The van der Waals surface area contributed by atoms with Gasteiger partial charge in [0.1, 0.15) is 18.7 Å². The van der Waals surface area contributed by atoms with Crippen LogP contribution in [0.4, 0.5) is 4.79 Å². The van der Waals surface area contributed by atoms with E-state index < -0.39 is 30.1 Å². The first-order valence-corrected chi connectivity index (χ1v) is 12.0. The molecule has 1 unspecified atom stereocenters. The molecular formula is C27H32N2O5. The monoisotopic (exact) mass is 464 g/mol. The number of ether oxygens (including phenoxy) is 1. The lowest BCUT2D eigenvalue weighted by molar-refractivity contribution is -0.142. The number of rotatable bonds is 10. The zero-order chi connectivity index (χ0) is 24.2. The van der Waals surface area contributed by atoms with Crippen molar-refractivity contribution in [2.75, 3.05) is 6.61 Å². The first-order chi connectivity index (χ1) is 16.3. The fourth-order valence-electron chi connectivity index (χ4n) is 4.67. The highest BCUT2D eigenvalue weighted by Crippen LogP contribution is 2.44. The molecule has 4 rings (SSSR count). The van der Waals surface area contributed by atoms with Crippen molar-refractivity contribution in [3.63, 3.8) is 0 Å². The zero-order valence-electron chi connectivity index (χ0n) is 19.6. The highest BCUT2D eigenvalue weighted by atomic mass is 16.5. The second-order valence-corrected chi connectivity index (χ2v) is 9.73. The third kappa shape index (κ3) is 5.58. The molecule has 2 aromatic carbocycles. The Kier molecular flexibility index (Phi) is 7.20. The number of hydrogen-bond donors (Lipinski definition) is 3. The third-order valence-electron chi connectivity index (χ3n) is 6.54. The Morgan fingerprint density at radius 2 is 1.53 bits per heavy atom. The first-order valence-electron chi connectivity index (χ1n) is 12.0. The van der Waals surface area contributed by atoms with E-state index in [1.807, 2.05) is 50.2 Å². The number of nitrogens with one attached hydrogen (secondary N) is 2. The van der Waals surface area contributed by atoms with Gasteiger partial charge in [-0.3, -0.25) is 4.79 Å². The van der Waals surface area contributed by atoms with E-state index in [-0.39, 0.29) is 18.4 Å². The fraction of sp³-hybridized carbons (Fsp3) is 0.444. The van der Waals surface area contributed by atoms with Crippen molar-refractivity contribution in [3.05, 3.63) is 59.7 Å². The Morgan fingerprint density at radius 3 is 2.06 bits per heavy atom. The van der Waals surface area contributed by atoms with E-state index in [0.717, 1.165) is 35.1 Å². The minimum atomic E-state index is -1.08. The number of alkyl carbamates (subject to hydrolysis) is 1. The van der Waals surface area contributed by atoms with Gasteiger partial charge in [0.2, 0.25) is 5.91 Å². The molecule has 0 saturated heterocycles. The molecule has 2 aromatic rings. The van der Waals surface area contributed by atoms with E-state index in [0.29, 0.717) is 18.8 Å². The summed E-state index contributed by atoms with van der Waals surface area (Å²) >= 11 is 0. The molecule has 0 spiro atoms. The highest BCUT2D eigenvalue weighted by Gasteiger charge is 2.34. The van der Waals surface area contributed by atoms with Crippen LogP contribution in [0.3, 0.4) is 0 Å². The maximum absolute atomic E-state index is 12.9. The van der Waals surface area contributed by atoms with Crippen LogP contribution in [-0.2, 0) is 14.3 Å². The lowest BCUT2D eigenvalue weighted by atomic mass is 9.98. The Morgan fingerprint density at radius 1 is 0.941 bits per heavy atom. The van der Waals surface area contributed by atoms with Crippen molar-refractivity contribution in [1.29, 1.82) is 0 Å². The molecule has 1 saturated carbocycles. The van der Waals surface area contributed by atoms with Gasteiger partial charge in [-0.05, 0) is 46.9 Å². The molecule has 180 valence electrons. The summed E-state index contributed by atoms with van der Waals surface area (Å²) < 4.78 is 5.59. The van der Waals surface area contributed by atoms with Crippen molar-refractivity contribution in [2.24, 2.45) is 11.8 Å². The summed E-state index contributed by atoms with van der Waals surface area (Å²) in [6.45, 7) is 3.96. The molecule has 7 heteroatoms. The van der Waals surface area contributed by atoms with Crippen LogP contribution in [0.2, 0.25) is 0 Å². The number of carboxylic acids is 1. The minimum absolute atomic E-state index is 0.0729. The van der Waals surface area contributed by atoms with Gasteiger partial charge in [0.15, 0.2) is 0 Å². The Balaban J connectivity index is 1.40. The largest absolute Gasteiger partial charge is 0.480 e. The van der Waals surface area contributed by atoms with E-state index in [1.54, 1.807) is 0 Å². The number of carboxylic acid groups (broad SMARTS) is 1. The summed E-state index contributed by atoms with van der Waals surface area (Å²) in [5.41, 5.74) is 4.51. The molecular weight excluding hydrogens is 432 g/mol. The number of carbonyl (C=O) groups is 3. The van der Waals surface area contributed by atoms with Crippen molar-refractivity contribution in [1.82, 2.24) is 10.6 Å². The van der Waals surface area contributed by atoms with Crippen LogP contribution in [0.5, 0.6) is 0 Å². The van der Waals surface area contributed by atoms with Crippen LogP contribution >= 0.6 is 0 Å². The molecule has 0 aliphatic heterocycles. The van der Waals surface area contributed by atoms with Crippen LogP contribution in [0.1, 0.15) is 56.6 Å². The summed E-state index contributed by atoms with van der Waals surface area (Å²) in [6.07, 6.45) is 2.14. The van der Waals surface area contributed by atoms with Crippen molar-refractivity contribution >= 4 is 18.0 Å². The van der Waals surface area contributed by atoms with E-state index in [4.69, 9.17) is 4.74 Å². The molecule has 2 aliphatic rings. The van der Waals surface area contributed by atoms with Crippen LogP contribution in [0.25, 0.3) is 11.1 Å². The van der Waals surface area contributed by atoms with E-state index in [9.17, 15) is 19.5 Å². The molecule has 3 N–H and O–H groups in total. The summed E-state index contributed by atoms with van der Waals surface area (Å²) in [5.74, 6) is -1.16. The van der Waals surface area contributed by atoms with Crippen molar-refractivity contribution in [3.8, 4) is 11.1 Å². The molecule has 7 nitrogen and oxygen atoms in total. The predicted molar refractivity (Wildman–Crippen MR) is 128 cm³/mol. The maximum Gasteiger partial charge on any atom is 0.407 e. The molecule has 34 heavy (non-hydrogen) atoms. The summed E-state index contributed by atoms with van der Waals surface area (Å²) in [4.78, 5) is 37.2. The van der Waals surface area contributed by atoms with Crippen LogP contribution in [-0.4, -0.2) is 41.8 Å². The lowest BCUT2D eigenvalue weighted by Crippen LogP contribution is -2.52. The van der Waals surface area contributed by atoms with Gasteiger partial charge in [-0.25, -0.2) is 9.59 Å². The molecule has 0 aromatic heterocycles. The lowest BCUT2D eigenvalue weighted by Gasteiger charge is -2.22. The van der Waals surface area contributed by atoms with Gasteiger partial charge in [0.25, 0.3) is 0 Å². The fourth-order valence-corrected chi connectivity index (χ4v) is 4.67. The van der Waals surface area contributed by atoms with Crippen molar-refractivity contribution < 1.29 is 24.2 Å². The van der Waals surface area contributed by atoms with E-state index in [2.05, 4.69) is 22.8 Å². The summed E-state index contributed by atoms with van der Waals surface area (Å²) in [5, 5.41) is 14.8. The second-order valence-electron chi connectivity index (χ2n) is 9.73. The van der Waals surface area contributed by atoms with Gasteiger partial charge < -0.3 is 20.5 Å². The molecule has 2 aliphatic carbocycles. The molecule has 0 heterocycles. The molecule has 1 fully saturated rings. The molecule has 0 radical (unpaired) electrons. The van der Waals surface area contributed by atoms with Gasteiger partial charge in [0.05, 0.1) is 0 Å². The summed E-state index contributed by atoms with van der Waals surface area (Å²) in [7, 11) is 0. The second kappa shape index (κ2) is 10.3. The SMILES string of the molecule is CC(C)C[C@@H](NC(=O)C(CC1CC1)NC(=O)OCC1c2ccccc2-c2ccccc21)C(=O)O. The van der Waals surface area contributed by atoms with Gasteiger partial charge >= 0.3 is 12.1 Å². The smallest absolute Gasteiger partial charge is 0.407 e. The van der Waals surface area contributed by atoms with Crippen LogP contribution in [0, 0.1) is 11.8 Å². The van der Waals surface area contributed by atoms with E-state index in [1.165, 1.54) is 0 Å².